The van der Waals surface area contributed by atoms with Crippen molar-refractivity contribution in [3.63, 3.8) is 0 Å². The molecule has 0 saturated carbocycles. The fourth-order valence-electron chi connectivity index (χ4n) is 3.34. The molecular formula is C26H17BrFNO. The lowest BCUT2D eigenvalue weighted by atomic mass is 10.0. The topological polar surface area (TPSA) is 33.0 Å². The first-order valence-electron chi connectivity index (χ1n) is 9.41. The average molecular weight is 458 g/mol. The Bertz CT molecular complexity index is 1280. The smallest absolute Gasteiger partial charge is 0.131 e. The van der Waals surface area contributed by atoms with E-state index in [0.717, 1.165) is 20.8 Å². The van der Waals surface area contributed by atoms with Gasteiger partial charge < -0.3 is 4.74 Å². The summed E-state index contributed by atoms with van der Waals surface area (Å²) in [5.74, 6) is 0.189. The quantitative estimate of drug-likeness (QED) is 0.231. The molecule has 0 saturated heterocycles. The maximum absolute atomic E-state index is 14.2. The molecule has 0 aliphatic heterocycles. The molecule has 146 valence electrons. The lowest BCUT2D eigenvalue weighted by molar-refractivity contribution is 0.307. The number of nitrogens with zero attached hydrogens (tertiary/aromatic N) is 1. The van der Waals surface area contributed by atoms with Crippen LogP contribution in [0.3, 0.4) is 0 Å². The molecule has 0 spiro atoms. The molecule has 0 fully saturated rings. The highest BCUT2D eigenvalue weighted by Crippen LogP contribution is 2.30. The number of hydrogen-bond acceptors (Lipinski definition) is 2. The van der Waals surface area contributed by atoms with E-state index >= 15 is 0 Å². The van der Waals surface area contributed by atoms with E-state index in [2.05, 4.69) is 40.2 Å². The number of hydrogen-bond donors (Lipinski definition) is 0. The highest BCUT2D eigenvalue weighted by Gasteiger charge is 2.10. The molecule has 0 bridgehead atoms. The summed E-state index contributed by atoms with van der Waals surface area (Å²) in [5.41, 5.74) is 2.27. The molecule has 0 aromatic heterocycles. The number of ether oxygens (including phenoxy) is 1. The summed E-state index contributed by atoms with van der Waals surface area (Å²) in [5, 5.41) is 11.9. The van der Waals surface area contributed by atoms with Gasteiger partial charge in [-0.15, -0.1) is 0 Å². The van der Waals surface area contributed by atoms with Crippen molar-refractivity contribution in [1.82, 2.24) is 0 Å². The van der Waals surface area contributed by atoms with Crippen molar-refractivity contribution in [2.75, 3.05) is 0 Å². The Morgan fingerprint density at radius 1 is 0.967 bits per heavy atom. The van der Waals surface area contributed by atoms with Crippen LogP contribution in [0, 0.1) is 17.1 Å². The predicted octanol–water partition coefficient (Wildman–Crippen LogP) is 7.38. The molecule has 0 unspecified atom stereocenters. The third kappa shape index (κ3) is 4.27. The molecule has 4 aromatic carbocycles. The van der Waals surface area contributed by atoms with Gasteiger partial charge in [-0.2, -0.15) is 5.26 Å². The van der Waals surface area contributed by atoms with Gasteiger partial charge in [-0.1, -0.05) is 76.6 Å². The molecule has 4 rings (SSSR count). The Balaban J connectivity index is 1.69. The van der Waals surface area contributed by atoms with Crippen molar-refractivity contribution in [3.05, 3.63) is 112 Å². The van der Waals surface area contributed by atoms with E-state index in [1.807, 2.05) is 42.5 Å². The second kappa shape index (κ2) is 8.94. The van der Waals surface area contributed by atoms with Crippen LogP contribution in [0.15, 0.2) is 89.4 Å². The molecule has 0 radical (unpaired) electrons. The van der Waals surface area contributed by atoms with Crippen molar-refractivity contribution < 1.29 is 9.13 Å². The van der Waals surface area contributed by atoms with Crippen LogP contribution < -0.4 is 4.74 Å². The molecule has 4 heteroatoms. The molecule has 2 nitrogen and oxygen atoms in total. The average Bonchev–Trinajstić information content (AvgIpc) is 2.77. The van der Waals surface area contributed by atoms with Gasteiger partial charge in [0.05, 0.1) is 11.6 Å². The number of allylic oxidation sites excluding steroid dienone is 1. The fraction of sp³-hybridized carbons (Fsp3) is 0.0385. The molecule has 0 atom stereocenters. The number of rotatable bonds is 5. The Morgan fingerprint density at radius 2 is 1.73 bits per heavy atom. The van der Waals surface area contributed by atoms with Crippen LogP contribution >= 0.6 is 15.9 Å². The van der Waals surface area contributed by atoms with Crippen molar-refractivity contribution in [1.29, 1.82) is 5.26 Å². The van der Waals surface area contributed by atoms with Gasteiger partial charge in [-0.3, -0.25) is 0 Å². The van der Waals surface area contributed by atoms with Gasteiger partial charge in [0.2, 0.25) is 0 Å². The molecule has 30 heavy (non-hydrogen) atoms. The van der Waals surface area contributed by atoms with E-state index in [4.69, 9.17) is 4.74 Å². The second-order valence-corrected chi connectivity index (χ2v) is 7.67. The number of nitriles is 1. The maximum Gasteiger partial charge on any atom is 0.131 e. The molecule has 0 N–H and O–H groups in total. The van der Waals surface area contributed by atoms with Crippen LogP contribution in [0.1, 0.15) is 16.7 Å². The van der Waals surface area contributed by atoms with Crippen LogP contribution in [0.4, 0.5) is 4.39 Å². The number of halogens is 2. The minimum absolute atomic E-state index is 0.237. The van der Waals surface area contributed by atoms with Crippen LogP contribution in [-0.2, 0) is 6.61 Å². The zero-order valence-electron chi connectivity index (χ0n) is 16.0. The normalized spacial score (nSPS) is 11.3. The molecular weight excluding hydrogens is 441 g/mol. The first kappa shape index (κ1) is 19.9. The standard InChI is InChI=1S/C26H17BrFNO/c27-22-12-13-26(30-17-19-8-5-7-18-6-1-2-9-23(18)19)20(15-22)14-21(16-29)24-10-3-4-11-25(24)28/h1-15H,17H2/b21-14-. The zero-order chi connectivity index (χ0) is 20.9. The summed E-state index contributed by atoms with van der Waals surface area (Å²) in [6.07, 6.45) is 1.65. The number of fused-ring (bicyclic) bond motifs is 1. The fourth-order valence-corrected chi connectivity index (χ4v) is 3.72. The molecule has 0 aliphatic rings. The van der Waals surface area contributed by atoms with E-state index in [0.29, 0.717) is 17.9 Å². The highest BCUT2D eigenvalue weighted by molar-refractivity contribution is 9.10. The van der Waals surface area contributed by atoms with Crippen LogP contribution in [0.2, 0.25) is 0 Å². The van der Waals surface area contributed by atoms with Crippen molar-refractivity contribution in [3.8, 4) is 11.8 Å². The number of benzene rings is 4. The molecule has 4 aromatic rings. The van der Waals surface area contributed by atoms with E-state index in [9.17, 15) is 9.65 Å². The zero-order valence-corrected chi connectivity index (χ0v) is 17.6. The lowest BCUT2D eigenvalue weighted by Gasteiger charge is -2.12. The van der Waals surface area contributed by atoms with Gasteiger partial charge in [-0.05, 0) is 46.7 Å². The van der Waals surface area contributed by atoms with Gasteiger partial charge in [0.25, 0.3) is 0 Å². The Kier molecular flexibility index (Phi) is 5.92. The van der Waals surface area contributed by atoms with E-state index in [-0.39, 0.29) is 11.1 Å². The largest absolute Gasteiger partial charge is 0.488 e. The minimum Gasteiger partial charge on any atom is -0.488 e. The Morgan fingerprint density at radius 3 is 2.57 bits per heavy atom. The SMILES string of the molecule is N#C/C(=C/c1cc(Br)ccc1OCc1cccc2ccccc12)c1ccccc1F. The highest BCUT2D eigenvalue weighted by atomic mass is 79.9. The first-order chi connectivity index (χ1) is 14.7. The molecule has 0 amide bonds. The molecule has 0 aliphatic carbocycles. The first-order valence-corrected chi connectivity index (χ1v) is 10.2. The summed E-state index contributed by atoms with van der Waals surface area (Å²) in [6.45, 7) is 0.380. The van der Waals surface area contributed by atoms with Gasteiger partial charge in [0, 0.05) is 15.6 Å². The summed E-state index contributed by atoms with van der Waals surface area (Å²) in [4.78, 5) is 0. The van der Waals surface area contributed by atoms with Crippen molar-refractivity contribution >= 4 is 38.4 Å². The Labute approximate surface area is 183 Å². The minimum atomic E-state index is -0.432. The predicted molar refractivity (Wildman–Crippen MR) is 122 cm³/mol. The van der Waals surface area contributed by atoms with Crippen LogP contribution in [0.25, 0.3) is 22.4 Å². The van der Waals surface area contributed by atoms with E-state index in [1.165, 1.54) is 6.07 Å². The van der Waals surface area contributed by atoms with Gasteiger partial charge in [-0.25, -0.2) is 4.39 Å². The monoisotopic (exact) mass is 457 g/mol. The molecule has 0 heterocycles. The van der Waals surface area contributed by atoms with Crippen molar-refractivity contribution in [2.45, 2.75) is 6.61 Å². The summed E-state index contributed by atoms with van der Waals surface area (Å²) < 4.78 is 21.2. The Hall–Kier alpha value is -3.42. The lowest BCUT2D eigenvalue weighted by Crippen LogP contribution is -1.98. The van der Waals surface area contributed by atoms with Gasteiger partial charge in [0.15, 0.2) is 0 Å². The van der Waals surface area contributed by atoms with Crippen LogP contribution in [-0.4, -0.2) is 0 Å². The third-order valence-corrected chi connectivity index (χ3v) is 5.31. The van der Waals surface area contributed by atoms with E-state index < -0.39 is 5.82 Å². The van der Waals surface area contributed by atoms with Crippen LogP contribution in [0.5, 0.6) is 5.75 Å². The van der Waals surface area contributed by atoms with E-state index in [1.54, 1.807) is 24.3 Å². The van der Waals surface area contributed by atoms with Crippen molar-refractivity contribution in [2.24, 2.45) is 0 Å². The van der Waals surface area contributed by atoms with Gasteiger partial charge >= 0.3 is 0 Å². The summed E-state index contributed by atoms with van der Waals surface area (Å²) in [7, 11) is 0. The van der Waals surface area contributed by atoms with Gasteiger partial charge in [0.1, 0.15) is 18.2 Å². The maximum atomic E-state index is 14.2. The summed E-state index contributed by atoms with van der Waals surface area (Å²) >= 11 is 3.47. The summed E-state index contributed by atoms with van der Waals surface area (Å²) in [6, 6.07) is 28.2. The third-order valence-electron chi connectivity index (χ3n) is 4.82. The second-order valence-electron chi connectivity index (χ2n) is 6.76.